The highest BCUT2D eigenvalue weighted by molar-refractivity contribution is 5.61. The van der Waals surface area contributed by atoms with Crippen LogP contribution >= 0.6 is 0 Å². The third-order valence-corrected chi connectivity index (χ3v) is 4.95. The van der Waals surface area contributed by atoms with Crippen molar-refractivity contribution in [3.8, 4) is 0 Å². The monoisotopic (exact) mass is 220 g/mol. The molecule has 0 bridgehead atoms. The zero-order chi connectivity index (χ0) is 11.8. The van der Waals surface area contributed by atoms with Gasteiger partial charge in [-0.15, -0.1) is 0 Å². The maximum Gasteiger partial charge on any atom is 0.126 e. The third kappa shape index (κ3) is 1.97. The Hall–Kier alpha value is -0.590. The van der Waals surface area contributed by atoms with E-state index in [9.17, 15) is 4.79 Å². The summed E-state index contributed by atoms with van der Waals surface area (Å²) in [6, 6.07) is 0. The van der Waals surface area contributed by atoms with Gasteiger partial charge in [-0.1, -0.05) is 32.9 Å². The van der Waals surface area contributed by atoms with E-state index in [-0.39, 0.29) is 5.41 Å². The molecule has 2 aliphatic rings. The summed E-state index contributed by atoms with van der Waals surface area (Å²) in [5, 5.41) is 0. The van der Waals surface area contributed by atoms with Crippen molar-refractivity contribution in [1.29, 1.82) is 0 Å². The van der Waals surface area contributed by atoms with Crippen LogP contribution in [0.1, 0.15) is 46.5 Å². The van der Waals surface area contributed by atoms with E-state index in [2.05, 4.69) is 32.9 Å². The highest BCUT2D eigenvalue weighted by Crippen LogP contribution is 2.56. The molecule has 1 saturated carbocycles. The van der Waals surface area contributed by atoms with Gasteiger partial charge in [-0.05, 0) is 49.4 Å². The van der Waals surface area contributed by atoms with Crippen molar-refractivity contribution in [2.45, 2.75) is 46.5 Å². The van der Waals surface area contributed by atoms with E-state index in [1.165, 1.54) is 25.5 Å². The van der Waals surface area contributed by atoms with Crippen LogP contribution in [0.4, 0.5) is 0 Å². The third-order valence-electron chi connectivity index (χ3n) is 4.95. The summed E-state index contributed by atoms with van der Waals surface area (Å²) in [6.07, 6.45) is 10.7. The summed E-state index contributed by atoms with van der Waals surface area (Å²) >= 11 is 0. The van der Waals surface area contributed by atoms with Crippen LogP contribution in [0.5, 0.6) is 0 Å². The lowest BCUT2D eigenvalue weighted by molar-refractivity contribution is -0.134. The molecule has 2 rings (SSSR count). The molecule has 0 radical (unpaired) electrons. The molecule has 0 spiro atoms. The largest absolute Gasteiger partial charge is 0.303 e. The lowest BCUT2D eigenvalue weighted by Gasteiger charge is -2.53. The fourth-order valence-electron chi connectivity index (χ4n) is 3.65. The molecule has 1 heteroatoms. The maximum absolute atomic E-state index is 11.2. The number of aldehydes is 1. The first-order valence-corrected chi connectivity index (χ1v) is 6.70. The number of fused-ring (bicyclic) bond motifs is 1. The molecule has 5 atom stereocenters. The zero-order valence-electron chi connectivity index (χ0n) is 10.8. The number of carbonyl (C=O) groups is 1. The smallest absolute Gasteiger partial charge is 0.126 e. The lowest BCUT2D eigenvalue weighted by atomic mass is 9.50. The van der Waals surface area contributed by atoms with E-state index in [4.69, 9.17) is 0 Å². The van der Waals surface area contributed by atoms with Crippen molar-refractivity contribution < 1.29 is 4.79 Å². The molecule has 0 aromatic heterocycles. The second-order valence-corrected chi connectivity index (χ2v) is 6.29. The summed E-state index contributed by atoms with van der Waals surface area (Å²) < 4.78 is 0. The molecule has 0 aliphatic heterocycles. The van der Waals surface area contributed by atoms with Crippen molar-refractivity contribution >= 4 is 6.29 Å². The van der Waals surface area contributed by atoms with Crippen molar-refractivity contribution in [2.24, 2.45) is 29.1 Å². The van der Waals surface area contributed by atoms with E-state index < -0.39 is 0 Å². The van der Waals surface area contributed by atoms with Gasteiger partial charge in [-0.3, -0.25) is 0 Å². The average molecular weight is 220 g/mol. The van der Waals surface area contributed by atoms with E-state index in [0.29, 0.717) is 11.8 Å². The second kappa shape index (κ2) is 4.35. The quantitative estimate of drug-likeness (QED) is 0.484. The normalized spacial score (nSPS) is 50.2. The van der Waals surface area contributed by atoms with E-state index in [1.54, 1.807) is 0 Å². The Morgan fingerprint density at radius 1 is 1.31 bits per heavy atom. The Morgan fingerprint density at radius 3 is 2.75 bits per heavy atom. The first-order valence-electron chi connectivity index (χ1n) is 6.70. The summed E-state index contributed by atoms with van der Waals surface area (Å²) in [5.41, 5.74) is -0.0109. The Kier molecular flexibility index (Phi) is 3.23. The van der Waals surface area contributed by atoms with E-state index in [1.807, 2.05) is 0 Å². The van der Waals surface area contributed by atoms with Gasteiger partial charge in [0, 0.05) is 5.41 Å². The number of hydrogen-bond donors (Lipinski definition) is 0. The van der Waals surface area contributed by atoms with Crippen LogP contribution < -0.4 is 0 Å². The van der Waals surface area contributed by atoms with Crippen molar-refractivity contribution in [1.82, 2.24) is 0 Å². The Balaban J connectivity index is 2.12. The first kappa shape index (κ1) is 11.9. The van der Waals surface area contributed by atoms with Gasteiger partial charge in [-0.25, -0.2) is 0 Å². The molecule has 2 aliphatic carbocycles. The van der Waals surface area contributed by atoms with Gasteiger partial charge >= 0.3 is 0 Å². The fraction of sp³-hybridized carbons (Fsp3) is 0.800. The van der Waals surface area contributed by atoms with E-state index in [0.717, 1.165) is 18.3 Å². The molecule has 0 aromatic carbocycles. The predicted molar refractivity (Wildman–Crippen MR) is 67.1 cm³/mol. The van der Waals surface area contributed by atoms with Crippen LogP contribution in [-0.4, -0.2) is 6.29 Å². The highest BCUT2D eigenvalue weighted by atomic mass is 16.1. The number of carbonyl (C=O) groups excluding carboxylic acids is 1. The summed E-state index contributed by atoms with van der Waals surface area (Å²) in [5.74, 6) is 2.86. The van der Waals surface area contributed by atoms with Crippen LogP contribution in [-0.2, 0) is 4.79 Å². The SMILES string of the molecule is CC1/C=C\CC(C)[C@H]2CC(C)(C=O)[C@@H]2CC1. The predicted octanol–water partition coefficient (Wildman–Crippen LogP) is 3.84. The lowest BCUT2D eigenvalue weighted by Crippen LogP contribution is -2.49. The molecule has 0 amide bonds. The minimum atomic E-state index is -0.0109. The number of rotatable bonds is 1. The van der Waals surface area contributed by atoms with Crippen LogP contribution in [0.3, 0.4) is 0 Å². The molecule has 0 heterocycles. The highest BCUT2D eigenvalue weighted by Gasteiger charge is 2.51. The molecule has 3 unspecified atom stereocenters. The van der Waals surface area contributed by atoms with Crippen LogP contribution in [0.2, 0.25) is 0 Å². The van der Waals surface area contributed by atoms with Gasteiger partial charge < -0.3 is 4.79 Å². The first-order chi connectivity index (χ1) is 7.57. The second-order valence-electron chi connectivity index (χ2n) is 6.29. The molecule has 0 saturated heterocycles. The molecule has 1 nitrogen and oxygen atoms in total. The Labute approximate surface area is 99.3 Å². The fourth-order valence-corrected chi connectivity index (χ4v) is 3.65. The molecule has 1 fully saturated rings. The minimum absolute atomic E-state index is 0.0109. The summed E-state index contributed by atoms with van der Waals surface area (Å²) in [7, 11) is 0. The van der Waals surface area contributed by atoms with Gasteiger partial charge in [0.15, 0.2) is 0 Å². The molecule has 90 valence electrons. The molecular weight excluding hydrogens is 196 g/mol. The van der Waals surface area contributed by atoms with Gasteiger partial charge in [0.05, 0.1) is 0 Å². The average Bonchev–Trinajstić information content (AvgIpc) is 2.29. The van der Waals surface area contributed by atoms with Gasteiger partial charge in [0.25, 0.3) is 0 Å². The molecule has 0 N–H and O–H groups in total. The van der Waals surface area contributed by atoms with Gasteiger partial charge in [0.1, 0.15) is 6.29 Å². The maximum atomic E-state index is 11.2. The number of allylic oxidation sites excluding steroid dienone is 2. The topological polar surface area (TPSA) is 17.1 Å². The van der Waals surface area contributed by atoms with Crippen molar-refractivity contribution in [3.05, 3.63) is 12.2 Å². The minimum Gasteiger partial charge on any atom is -0.303 e. The summed E-state index contributed by atoms with van der Waals surface area (Å²) in [6.45, 7) is 6.80. The molecular formula is C15H24O. The molecule has 16 heavy (non-hydrogen) atoms. The van der Waals surface area contributed by atoms with E-state index >= 15 is 0 Å². The van der Waals surface area contributed by atoms with Crippen molar-refractivity contribution in [3.63, 3.8) is 0 Å². The zero-order valence-corrected chi connectivity index (χ0v) is 10.8. The summed E-state index contributed by atoms with van der Waals surface area (Å²) in [4.78, 5) is 11.2. The standard InChI is InChI=1S/C15H24O/c1-11-5-4-6-12(2)13-9-15(3,10-16)14(13)8-7-11/h4-5,10-14H,6-9H2,1-3H3/b5-4-/t11?,12?,13-,14-,15?/m1/s1. The van der Waals surface area contributed by atoms with Gasteiger partial charge in [-0.2, -0.15) is 0 Å². The molecule has 0 aromatic rings. The number of hydrogen-bond acceptors (Lipinski definition) is 1. The van der Waals surface area contributed by atoms with Crippen LogP contribution in [0, 0.1) is 29.1 Å². The van der Waals surface area contributed by atoms with Crippen molar-refractivity contribution in [2.75, 3.05) is 0 Å². The van der Waals surface area contributed by atoms with Crippen LogP contribution in [0.15, 0.2) is 12.2 Å². The van der Waals surface area contributed by atoms with Gasteiger partial charge in [0.2, 0.25) is 0 Å². The Bertz CT molecular complexity index is 294. The Morgan fingerprint density at radius 2 is 2.06 bits per heavy atom. The van der Waals surface area contributed by atoms with Crippen LogP contribution in [0.25, 0.3) is 0 Å².